The summed E-state index contributed by atoms with van der Waals surface area (Å²) in [6, 6.07) is 15.5. The number of unbranched alkanes of at least 4 members (excludes halogenated alkanes) is 5. The second kappa shape index (κ2) is 19.9. The van der Waals surface area contributed by atoms with E-state index in [9.17, 15) is 4.57 Å². The van der Waals surface area contributed by atoms with Crippen molar-refractivity contribution >= 4 is 44.1 Å². The summed E-state index contributed by atoms with van der Waals surface area (Å²) in [7, 11) is -10.2. The zero-order valence-corrected chi connectivity index (χ0v) is 34.2. The number of rotatable bonds is 20. The van der Waals surface area contributed by atoms with Crippen LogP contribution in [-0.4, -0.2) is 47.1 Å². The maximum Gasteiger partial charge on any atom is 0.747 e. The molecule has 0 aliphatic carbocycles. The molecule has 1 aromatic heterocycles. The average molecular weight is 816 g/mol. The van der Waals surface area contributed by atoms with Crippen LogP contribution in [0.15, 0.2) is 48.5 Å². The number of benzene rings is 2. The quantitative estimate of drug-likeness (QED) is 0.0565. The van der Waals surface area contributed by atoms with Gasteiger partial charge in [0.25, 0.3) is 12.6 Å². The van der Waals surface area contributed by atoms with E-state index in [-0.39, 0.29) is 12.6 Å². The van der Waals surface area contributed by atoms with E-state index in [2.05, 4.69) is 36.1 Å². The molecule has 0 amide bonds. The number of hydrogen-bond acceptors (Lipinski definition) is 12. The van der Waals surface area contributed by atoms with Gasteiger partial charge in [-0.15, -0.1) is 34.3 Å². The lowest BCUT2D eigenvalue weighted by Crippen LogP contribution is -2.30. The topological polar surface area (TPSA) is 152 Å². The molecular formula is C35H47O12P4S+3. The summed E-state index contributed by atoms with van der Waals surface area (Å²) in [4.78, 5) is 28.9. The second-order valence-corrected chi connectivity index (χ2v) is 19.0. The Balaban J connectivity index is 1.46. The van der Waals surface area contributed by atoms with Crippen LogP contribution in [0, 0.1) is 11.8 Å². The molecule has 2 saturated heterocycles. The first kappa shape index (κ1) is 41.6. The van der Waals surface area contributed by atoms with E-state index in [1.807, 2.05) is 39.8 Å². The summed E-state index contributed by atoms with van der Waals surface area (Å²) >= 11 is 1.63. The van der Waals surface area contributed by atoms with Gasteiger partial charge in [-0.25, -0.2) is 4.52 Å². The fourth-order valence-electron chi connectivity index (χ4n) is 5.95. The van der Waals surface area contributed by atoms with E-state index in [4.69, 9.17) is 50.9 Å². The molecule has 12 nitrogen and oxygen atoms in total. The Hall–Kier alpha value is -1.51. The van der Waals surface area contributed by atoms with Gasteiger partial charge in [0.1, 0.15) is 0 Å². The Morgan fingerprint density at radius 1 is 0.827 bits per heavy atom. The van der Waals surface area contributed by atoms with Crippen LogP contribution < -0.4 is 4.52 Å². The fraction of sp³-hybridized carbons (Fsp3) is 0.486. The SMILES string of the molecule is CCO[P+]1(Cc2cc(-c3ccc(-c4ccc(O[P+](=O)O)cc4)s3)c(C[P+]3(OCC)OC(C)O3)cc2C#CCCCCCCCOP(O)O)OC(C)O1. The summed E-state index contributed by atoms with van der Waals surface area (Å²) in [6.45, 7) is 8.86. The average Bonchev–Trinajstić information content (AvgIpc) is 3.55. The zero-order valence-electron chi connectivity index (χ0n) is 29.8. The maximum atomic E-state index is 11.1. The predicted molar refractivity (Wildman–Crippen MR) is 205 cm³/mol. The molecule has 0 spiro atoms. The minimum absolute atomic E-state index is 0.320. The summed E-state index contributed by atoms with van der Waals surface area (Å²) < 4.78 is 57.8. The van der Waals surface area contributed by atoms with Crippen LogP contribution >= 0.6 is 44.1 Å². The zero-order chi connectivity index (χ0) is 37.1. The third-order valence-electron chi connectivity index (χ3n) is 8.01. The van der Waals surface area contributed by atoms with Crippen LogP contribution in [0.1, 0.15) is 82.9 Å². The van der Waals surface area contributed by atoms with Gasteiger partial charge in [0, 0.05) is 37.4 Å². The van der Waals surface area contributed by atoms with E-state index in [1.54, 1.807) is 23.5 Å². The number of hydrogen-bond donors (Lipinski definition) is 3. The lowest BCUT2D eigenvalue weighted by atomic mass is 9.98. The van der Waals surface area contributed by atoms with Crippen molar-refractivity contribution in [2.24, 2.45) is 0 Å². The molecule has 2 aromatic carbocycles. The molecule has 0 bridgehead atoms. The molecular weight excluding hydrogens is 768 g/mol. The molecule has 2 aliphatic heterocycles. The Bertz CT molecular complexity index is 1670. The molecule has 17 heteroatoms. The largest absolute Gasteiger partial charge is 0.747 e. The normalized spacial score (nSPS) is 22.7. The lowest BCUT2D eigenvalue weighted by molar-refractivity contribution is -0.105. The minimum atomic E-state index is -2.74. The Morgan fingerprint density at radius 2 is 1.42 bits per heavy atom. The van der Waals surface area contributed by atoms with Crippen molar-refractivity contribution in [1.29, 1.82) is 0 Å². The van der Waals surface area contributed by atoms with E-state index >= 15 is 0 Å². The first-order valence-corrected chi connectivity index (χ1v) is 23.9. The van der Waals surface area contributed by atoms with Gasteiger partial charge >= 0.3 is 32.7 Å². The van der Waals surface area contributed by atoms with Crippen molar-refractivity contribution in [2.45, 2.75) is 91.1 Å². The lowest BCUT2D eigenvalue weighted by Gasteiger charge is -2.34. The molecule has 2 fully saturated rings. The highest BCUT2D eigenvalue weighted by atomic mass is 32.1. The molecule has 5 rings (SSSR count). The monoisotopic (exact) mass is 815 g/mol. The predicted octanol–water partition coefficient (Wildman–Crippen LogP) is 10.4. The molecule has 3 aromatic rings. The molecule has 3 heterocycles. The van der Waals surface area contributed by atoms with E-state index in [0.29, 0.717) is 37.9 Å². The highest BCUT2D eigenvalue weighted by molar-refractivity contribution is 7.62. The molecule has 0 radical (unpaired) electrons. The highest BCUT2D eigenvalue weighted by Gasteiger charge is 2.60. The van der Waals surface area contributed by atoms with Crippen LogP contribution in [-0.2, 0) is 48.6 Å². The third kappa shape index (κ3) is 11.7. The van der Waals surface area contributed by atoms with Crippen LogP contribution in [0.2, 0.25) is 0 Å². The van der Waals surface area contributed by atoms with Crippen molar-refractivity contribution in [1.82, 2.24) is 0 Å². The van der Waals surface area contributed by atoms with Gasteiger partial charge < -0.3 is 14.3 Å². The third-order valence-corrected chi connectivity index (χ3v) is 15.2. The van der Waals surface area contributed by atoms with Crippen LogP contribution in [0.3, 0.4) is 0 Å². The minimum Gasteiger partial charge on any atom is -0.328 e. The van der Waals surface area contributed by atoms with Crippen LogP contribution in [0.5, 0.6) is 5.75 Å². The molecule has 2 aliphatic rings. The number of thiophene rings is 1. The smallest absolute Gasteiger partial charge is 0.328 e. The van der Waals surface area contributed by atoms with Crippen molar-refractivity contribution in [3.05, 3.63) is 65.2 Å². The Labute approximate surface area is 313 Å². The summed E-state index contributed by atoms with van der Waals surface area (Å²) in [6.07, 6.45) is 5.67. The highest BCUT2D eigenvalue weighted by Crippen LogP contribution is 2.74. The summed E-state index contributed by atoms with van der Waals surface area (Å²) in [5.41, 5.74) is 4.78. The van der Waals surface area contributed by atoms with Gasteiger partial charge in [-0.1, -0.05) is 31.1 Å². The Morgan fingerprint density at radius 3 is 2.02 bits per heavy atom. The van der Waals surface area contributed by atoms with Crippen LogP contribution in [0.4, 0.5) is 0 Å². The standard InChI is InChI=1S/C35H46O12P4S/c1-5-41-50(44-26(3)45-50)24-30-23-33(35-20-19-34(52-35)28-15-17-32(18-16-28)43-49(38)39)31(25-51(42-6-2)46-27(4)47-51)22-29(30)14-12-10-8-7-9-11-13-21-40-48(36)37/h15-20,22-23,26-27,36-37H,5-11,13,21,24-25H2,1-4H3/q+2/p+1. The van der Waals surface area contributed by atoms with Gasteiger partial charge in [0.2, 0.25) is 0 Å². The molecule has 1 atom stereocenters. The van der Waals surface area contributed by atoms with Gasteiger partial charge in [-0.3, -0.25) is 0 Å². The van der Waals surface area contributed by atoms with E-state index in [0.717, 1.165) is 76.1 Å². The van der Waals surface area contributed by atoms with Gasteiger partial charge in [0.05, 0.1) is 19.8 Å². The van der Waals surface area contributed by atoms with Crippen molar-refractivity contribution in [3.8, 4) is 38.5 Å². The van der Waals surface area contributed by atoms with E-state index < -0.39 is 32.7 Å². The maximum absolute atomic E-state index is 11.1. The van der Waals surface area contributed by atoms with Gasteiger partial charge in [0.15, 0.2) is 18.1 Å². The molecule has 282 valence electrons. The first-order chi connectivity index (χ1) is 25.0. The van der Waals surface area contributed by atoms with Crippen molar-refractivity contribution in [2.75, 3.05) is 19.8 Å². The van der Waals surface area contributed by atoms with Crippen LogP contribution in [0.25, 0.3) is 20.9 Å². The summed E-state index contributed by atoms with van der Waals surface area (Å²) in [5.74, 6) is 7.18. The Kier molecular flexibility index (Phi) is 15.9. The first-order valence-electron chi connectivity index (χ1n) is 17.3. The fourth-order valence-corrected chi connectivity index (χ4v) is 12.3. The van der Waals surface area contributed by atoms with Crippen molar-refractivity contribution in [3.63, 3.8) is 0 Å². The summed E-state index contributed by atoms with van der Waals surface area (Å²) in [5, 5.41) is 0. The van der Waals surface area contributed by atoms with Crippen molar-refractivity contribution < 1.29 is 55.4 Å². The van der Waals surface area contributed by atoms with Gasteiger partial charge in [-0.2, -0.15) is 9.05 Å². The van der Waals surface area contributed by atoms with E-state index in [1.165, 1.54) is 0 Å². The molecule has 1 unspecified atom stereocenters. The molecule has 0 saturated carbocycles. The van der Waals surface area contributed by atoms with Gasteiger partial charge in [-0.05, 0) is 100 Å². The molecule has 3 N–H and O–H groups in total. The molecule has 52 heavy (non-hydrogen) atoms. The second-order valence-electron chi connectivity index (χ2n) is 12.0.